The van der Waals surface area contributed by atoms with Gasteiger partial charge in [-0.15, -0.1) is 0 Å². The SMILES string of the molecule is CC(NC(=O)c1ccco1)C(=O)N1CCCC1CC(=O)O. The van der Waals surface area contributed by atoms with Crippen LogP contribution in [0.1, 0.15) is 36.7 Å². The first-order chi connectivity index (χ1) is 9.99. The van der Waals surface area contributed by atoms with Gasteiger partial charge in [0.05, 0.1) is 12.7 Å². The summed E-state index contributed by atoms with van der Waals surface area (Å²) in [6.45, 7) is 2.11. The maximum atomic E-state index is 12.3. The lowest BCUT2D eigenvalue weighted by Crippen LogP contribution is -2.48. The van der Waals surface area contributed by atoms with E-state index in [0.29, 0.717) is 13.0 Å². The van der Waals surface area contributed by atoms with E-state index in [2.05, 4.69) is 5.32 Å². The molecule has 1 aromatic heterocycles. The molecule has 2 unspecified atom stereocenters. The van der Waals surface area contributed by atoms with Crippen LogP contribution < -0.4 is 5.32 Å². The summed E-state index contributed by atoms with van der Waals surface area (Å²) in [5, 5.41) is 11.4. The summed E-state index contributed by atoms with van der Waals surface area (Å²) in [6.07, 6.45) is 2.77. The molecule has 2 rings (SSSR count). The van der Waals surface area contributed by atoms with Gasteiger partial charge in [0.25, 0.3) is 5.91 Å². The lowest BCUT2D eigenvalue weighted by atomic mass is 10.1. The zero-order chi connectivity index (χ0) is 15.4. The maximum absolute atomic E-state index is 12.3. The van der Waals surface area contributed by atoms with Crippen molar-refractivity contribution in [3.8, 4) is 0 Å². The van der Waals surface area contributed by atoms with Gasteiger partial charge in [-0.3, -0.25) is 14.4 Å². The molecular formula is C14H18N2O5. The highest BCUT2D eigenvalue weighted by Gasteiger charge is 2.33. The van der Waals surface area contributed by atoms with Gasteiger partial charge in [0, 0.05) is 12.6 Å². The Kier molecular flexibility index (Phi) is 4.62. The lowest BCUT2D eigenvalue weighted by Gasteiger charge is -2.26. The summed E-state index contributed by atoms with van der Waals surface area (Å²) < 4.78 is 4.96. The van der Waals surface area contributed by atoms with Crippen molar-refractivity contribution in [3.63, 3.8) is 0 Å². The number of hydrogen-bond donors (Lipinski definition) is 2. The molecule has 0 spiro atoms. The van der Waals surface area contributed by atoms with E-state index >= 15 is 0 Å². The minimum atomic E-state index is -0.924. The molecule has 1 fully saturated rings. The molecule has 21 heavy (non-hydrogen) atoms. The number of carbonyl (C=O) groups is 3. The van der Waals surface area contributed by atoms with Crippen LogP contribution in [-0.4, -0.2) is 46.4 Å². The van der Waals surface area contributed by atoms with Crippen molar-refractivity contribution in [3.05, 3.63) is 24.2 Å². The fourth-order valence-electron chi connectivity index (χ4n) is 2.53. The van der Waals surface area contributed by atoms with E-state index < -0.39 is 17.9 Å². The van der Waals surface area contributed by atoms with Gasteiger partial charge in [-0.1, -0.05) is 0 Å². The Hall–Kier alpha value is -2.31. The second-order valence-electron chi connectivity index (χ2n) is 5.10. The van der Waals surface area contributed by atoms with Crippen LogP contribution >= 0.6 is 0 Å². The summed E-state index contributed by atoms with van der Waals surface area (Å²) in [5.41, 5.74) is 0. The summed E-state index contributed by atoms with van der Waals surface area (Å²) in [6, 6.07) is 2.08. The molecule has 7 heteroatoms. The zero-order valence-electron chi connectivity index (χ0n) is 11.7. The number of rotatable bonds is 5. The van der Waals surface area contributed by atoms with Crippen LogP contribution in [0.2, 0.25) is 0 Å². The summed E-state index contributed by atoms with van der Waals surface area (Å²) in [7, 11) is 0. The van der Waals surface area contributed by atoms with E-state index in [4.69, 9.17) is 9.52 Å². The number of nitrogens with zero attached hydrogens (tertiary/aromatic N) is 1. The molecule has 2 amide bonds. The van der Waals surface area contributed by atoms with E-state index in [1.165, 1.54) is 12.3 Å². The fraction of sp³-hybridized carbons (Fsp3) is 0.500. The Labute approximate surface area is 121 Å². The highest BCUT2D eigenvalue weighted by Crippen LogP contribution is 2.21. The molecule has 0 bridgehead atoms. The van der Waals surface area contributed by atoms with Crippen molar-refractivity contribution in [1.82, 2.24) is 10.2 Å². The topological polar surface area (TPSA) is 99.9 Å². The van der Waals surface area contributed by atoms with Crippen molar-refractivity contribution in [1.29, 1.82) is 0 Å². The molecule has 2 heterocycles. The monoisotopic (exact) mass is 294 g/mol. The number of carboxylic acid groups (broad SMARTS) is 1. The number of aliphatic carboxylic acids is 1. The van der Waals surface area contributed by atoms with Crippen LogP contribution in [0, 0.1) is 0 Å². The summed E-state index contributed by atoms with van der Waals surface area (Å²) in [5.74, 6) is -1.52. The van der Waals surface area contributed by atoms with E-state index in [-0.39, 0.29) is 24.1 Å². The second-order valence-corrected chi connectivity index (χ2v) is 5.10. The van der Waals surface area contributed by atoms with E-state index in [0.717, 1.165) is 6.42 Å². The normalized spacial score (nSPS) is 19.3. The smallest absolute Gasteiger partial charge is 0.305 e. The molecule has 1 aliphatic heterocycles. The molecule has 1 saturated heterocycles. The van der Waals surface area contributed by atoms with Crippen molar-refractivity contribution in [2.75, 3.05) is 6.54 Å². The number of furan rings is 1. The van der Waals surface area contributed by atoms with Crippen molar-refractivity contribution >= 4 is 17.8 Å². The van der Waals surface area contributed by atoms with Gasteiger partial charge in [0.2, 0.25) is 5.91 Å². The average molecular weight is 294 g/mol. The molecule has 1 aliphatic rings. The van der Waals surface area contributed by atoms with Gasteiger partial charge < -0.3 is 19.7 Å². The van der Waals surface area contributed by atoms with Crippen LogP contribution in [-0.2, 0) is 9.59 Å². The van der Waals surface area contributed by atoms with Crippen molar-refractivity contribution < 1.29 is 23.9 Å². The zero-order valence-corrected chi connectivity index (χ0v) is 11.7. The number of nitrogens with one attached hydrogen (secondary N) is 1. The number of likely N-dealkylation sites (tertiary alicyclic amines) is 1. The molecule has 0 aromatic carbocycles. The molecule has 1 aromatic rings. The van der Waals surface area contributed by atoms with Crippen LogP contribution in [0.3, 0.4) is 0 Å². The number of amides is 2. The van der Waals surface area contributed by atoms with Gasteiger partial charge in [-0.05, 0) is 31.9 Å². The number of hydrogen-bond acceptors (Lipinski definition) is 4. The Morgan fingerprint density at radius 2 is 2.29 bits per heavy atom. The van der Waals surface area contributed by atoms with E-state index in [1.807, 2.05) is 0 Å². The lowest BCUT2D eigenvalue weighted by molar-refractivity contribution is -0.140. The molecule has 7 nitrogen and oxygen atoms in total. The van der Waals surface area contributed by atoms with Gasteiger partial charge in [-0.2, -0.15) is 0 Å². The standard InChI is InChI=1S/C14H18N2O5/c1-9(15-13(19)11-5-3-7-21-11)14(20)16-6-2-4-10(16)8-12(17)18/h3,5,7,9-10H,2,4,6,8H2,1H3,(H,15,19)(H,17,18). The largest absolute Gasteiger partial charge is 0.481 e. The van der Waals surface area contributed by atoms with Crippen molar-refractivity contribution in [2.24, 2.45) is 0 Å². The molecule has 0 saturated carbocycles. The van der Waals surface area contributed by atoms with Crippen LogP contribution in [0.25, 0.3) is 0 Å². The third kappa shape index (κ3) is 3.62. The quantitative estimate of drug-likeness (QED) is 0.839. The first kappa shape index (κ1) is 15.1. The fourth-order valence-corrected chi connectivity index (χ4v) is 2.53. The highest BCUT2D eigenvalue weighted by atomic mass is 16.4. The second kappa shape index (κ2) is 6.43. The molecule has 2 N–H and O–H groups in total. The molecule has 2 atom stereocenters. The number of carboxylic acids is 1. The first-order valence-corrected chi connectivity index (χ1v) is 6.85. The molecule has 114 valence electrons. The first-order valence-electron chi connectivity index (χ1n) is 6.85. The van der Waals surface area contributed by atoms with Gasteiger partial charge in [0.15, 0.2) is 5.76 Å². The summed E-state index contributed by atoms with van der Waals surface area (Å²) in [4.78, 5) is 36.5. The third-order valence-electron chi connectivity index (χ3n) is 3.53. The Morgan fingerprint density at radius 1 is 1.52 bits per heavy atom. The van der Waals surface area contributed by atoms with E-state index in [1.54, 1.807) is 17.9 Å². The van der Waals surface area contributed by atoms with Gasteiger partial charge >= 0.3 is 5.97 Å². The minimum absolute atomic E-state index is 0.0649. The Bertz CT molecular complexity index is 525. The molecular weight excluding hydrogens is 276 g/mol. The summed E-state index contributed by atoms with van der Waals surface area (Å²) >= 11 is 0. The molecule has 0 radical (unpaired) electrons. The highest BCUT2D eigenvalue weighted by molar-refractivity contribution is 5.95. The molecule has 0 aliphatic carbocycles. The van der Waals surface area contributed by atoms with Crippen LogP contribution in [0.15, 0.2) is 22.8 Å². The Balaban J connectivity index is 1.95. The van der Waals surface area contributed by atoms with Crippen LogP contribution in [0.5, 0.6) is 0 Å². The van der Waals surface area contributed by atoms with Crippen LogP contribution in [0.4, 0.5) is 0 Å². The predicted octanol–water partition coefficient (Wildman–Crippen LogP) is 0.864. The Morgan fingerprint density at radius 3 is 2.90 bits per heavy atom. The van der Waals surface area contributed by atoms with E-state index in [9.17, 15) is 14.4 Å². The third-order valence-corrected chi connectivity index (χ3v) is 3.53. The number of carbonyl (C=O) groups excluding carboxylic acids is 2. The minimum Gasteiger partial charge on any atom is -0.481 e. The van der Waals surface area contributed by atoms with Crippen molar-refractivity contribution in [2.45, 2.75) is 38.3 Å². The maximum Gasteiger partial charge on any atom is 0.305 e. The predicted molar refractivity (Wildman–Crippen MR) is 72.6 cm³/mol. The average Bonchev–Trinajstić information content (AvgIpc) is 3.07. The van der Waals surface area contributed by atoms with Gasteiger partial charge in [-0.25, -0.2) is 0 Å². The van der Waals surface area contributed by atoms with Gasteiger partial charge in [0.1, 0.15) is 6.04 Å².